The molecular formula is C19H17F3N4OS. The highest BCUT2D eigenvalue weighted by Crippen LogP contribution is 2.35. The maximum absolute atomic E-state index is 13.1. The molecule has 1 atom stereocenters. The third-order valence-electron chi connectivity index (χ3n) is 4.79. The van der Waals surface area contributed by atoms with Crippen LogP contribution >= 0.6 is 11.3 Å². The summed E-state index contributed by atoms with van der Waals surface area (Å²) in [5.74, 6) is 0.146. The third kappa shape index (κ3) is 3.66. The van der Waals surface area contributed by atoms with Crippen molar-refractivity contribution in [2.45, 2.75) is 32.4 Å². The summed E-state index contributed by atoms with van der Waals surface area (Å²) in [6, 6.07) is 5.00. The van der Waals surface area contributed by atoms with E-state index in [1.165, 1.54) is 39.6 Å². The SMILES string of the molecule is CC1CCc2sc(C(=O)Nc3cc(C(F)(F)F)ccc3-n3cncn3)cc2C1. The molecule has 0 spiro atoms. The molecule has 0 fully saturated rings. The molecule has 1 aliphatic rings. The van der Waals surface area contributed by atoms with Gasteiger partial charge in [-0.25, -0.2) is 9.67 Å². The molecule has 1 amide bonds. The number of aryl methyl sites for hydroxylation is 1. The van der Waals surface area contributed by atoms with Gasteiger partial charge in [0, 0.05) is 4.88 Å². The van der Waals surface area contributed by atoms with Crippen LogP contribution in [0.4, 0.5) is 18.9 Å². The van der Waals surface area contributed by atoms with Crippen LogP contribution in [0.25, 0.3) is 5.69 Å². The van der Waals surface area contributed by atoms with Crippen molar-refractivity contribution in [3.8, 4) is 5.69 Å². The number of anilines is 1. The lowest BCUT2D eigenvalue weighted by molar-refractivity contribution is -0.137. The van der Waals surface area contributed by atoms with E-state index >= 15 is 0 Å². The van der Waals surface area contributed by atoms with E-state index in [-0.39, 0.29) is 5.69 Å². The Bertz CT molecular complexity index is 1010. The summed E-state index contributed by atoms with van der Waals surface area (Å²) in [5, 5.41) is 6.59. The number of carbonyl (C=O) groups excluding carboxylic acids is 1. The summed E-state index contributed by atoms with van der Waals surface area (Å²) < 4.78 is 40.8. The summed E-state index contributed by atoms with van der Waals surface area (Å²) in [4.78, 5) is 18.3. The van der Waals surface area contributed by atoms with E-state index in [1.54, 1.807) is 0 Å². The lowest BCUT2D eigenvalue weighted by Crippen LogP contribution is -2.15. The van der Waals surface area contributed by atoms with Crippen molar-refractivity contribution in [2.75, 3.05) is 5.32 Å². The predicted octanol–water partition coefficient (Wildman–Crippen LogP) is 4.72. The minimum atomic E-state index is -4.52. The number of amides is 1. The van der Waals surface area contributed by atoms with Gasteiger partial charge in [-0.2, -0.15) is 18.3 Å². The number of carbonyl (C=O) groups is 1. The highest BCUT2D eigenvalue weighted by atomic mass is 32.1. The molecular weight excluding hydrogens is 389 g/mol. The van der Waals surface area contributed by atoms with Crippen LogP contribution in [0.3, 0.4) is 0 Å². The summed E-state index contributed by atoms with van der Waals surface area (Å²) >= 11 is 1.41. The number of aromatic nitrogens is 3. The first-order valence-corrected chi connectivity index (χ1v) is 9.62. The number of hydrogen-bond acceptors (Lipinski definition) is 4. The largest absolute Gasteiger partial charge is 0.416 e. The number of nitrogens with one attached hydrogen (secondary N) is 1. The first-order valence-electron chi connectivity index (χ1n) is 8.80. The molecule has 0 aliphatic heterocycles. The van der Waals surface area contributed by atoms with E-state index in [1.807, 2.05) is 6.07 Å². The van der Waals surface area contributed by atoms with Gasteiger partial charge in [0.1, 0.15) is 12.7 Å². The van der Waals surface area contributed by atoms with E-state index in [9.17, 15) is 18.0 Å². The van der Waals surface area contributed by atoms with Crippen molar-refractivity contribution in [3.05, 3.63) is 57.8 Å². The first-order chi connectivity index (χ1) is 13.3. The topological polar surface area (TPSA) is 59.8 Å². The molecule has 0 saturated heterocycles. The van der Waals surface area contributed by atoms with Crippen LogP contribution in [-0.2, 0) is 19.0 Å². The molecule has 1 aliphatic carbocycles. The molecule has 0 saturated carbocycles. The zero-order valence-corrected chi connectivity index (χ0v) is 15.8. The Kier molecular flexibility index (Phi) is 4.70. The average molecular weight is 406 g/mol. The van der Waals surface area contributed by atoms with Crippen molar-refractivity contribution < 1.29 is 18.0 Å². The molecule has 5 nitrogen and oxygen atoms in total. The molecule has 0 radical (unpaired) electrons. The highest BCUT2D eigenvalue weighted by molar-refractivity contribution is 7.14. The van der Waals surface area contributed by atoms with Crippen molar-refractivity contribution in [1.82, 2.24) is 14.8 Å². The maximum Gasteiger partial charge on any atom is 0.416 e. The molecule has 4 rings (SSSR count). The van der Waals surface area contributed by atoms with Crippen molar-refractivity contribution in [3.63, 3.8) is 0 Å². The standard InChI is InChI=1S/C19H17F3N4OS/c1-11-2-5-16-12(6-11)7-17(28-16)18(27)25-14-8-13(19(20,21)22)3-4-15(14)26-10-23-9-24-26/h3-4,7-11H,2,5-6H2,1H3,(H,25,27). The van der Waals surface area contributed by atoms with Crippen LogP contribution in [0, 0.1) is 5.92 Å². The molecule has 1 N–H and O–H groups in total. The fourth-order valence-electron chi connectivity index (χ4n) is 3.35. The number of benzene rings is 1. The summed E-state index contributed by atoms with van der Waals surface area (Å²) in [6.45, 7) is 2.17. The number of nitrogens with zero attached hydrogens (tertiary/aromatic N) is 3. The second-order valence-electron chi connectivity index (χ2n) is 6.93. The number of hydrogen-bond donors (Lipinski definition) is 1. The van der Waals surface area contributed by atoms with Gasteiger partial charge in [-0.05, 0) is 55.0 Å². The third-order valence-corrected chi connectivity index (χ3v) is 6.03. The lowest BCUT2D eigenvalue weighted by Gasteiger charge is -2.16. The molecule has 3 aromatic rings. The smallest absolute Gasteiger partial charge is 0.319 e. The summed E-state index contributed by atoms with van der Waals surface area (Å²) in [6.07, 6.45) is 1.06. The highest BCUT2D eigenvalue weighted by Gasteiger charge is 2.31. The molecule has 9 heteroatoms. The zero-order chi connectivity index (χ0) is 19.9. The van der Waals surface area contributed by atoms with Crippen LogP contribution < -0.4 is 5.32 Å². The number of fused-ring (bicyclic) bond motifs is 1. The summed E-state index contributed by atoms with van der Waals surface area (Å²) in [5.41, 5.74) is 0.666. The van der Waals surface area contributed by atoms with E-state index in [0.717, 1.165) is 37.0 Å². The number of halogens is 3. The van der Waals surface area contributed by atoms with Crippen LogP contribution in [0.15, 0.2) is 36.9 Å². The number of alkyl halides is 3. The normalized spacial score (nSPS) is 16.6. The van der Waals surface area contributed by atoms with Crippen LogP contribution in [-0.4, -0.2) is 20.7 Å². The van der Waals surface area contributed by atoms with E-state index in [4.69, 9.17) is 0 Å². The van der Waals surface area contributed by atoms with Crippen molar-refractivity contribution in [1.29, 1.82) is 0 Å². The van der Waals surface area contributed by atoms with E-state index in [0.29, 0.717) is 16.5 Å². The van der Waals surface area contributed by atoms with Crippen LogP contribution in [0.1, 0.15) is 39.0 Å². The van der Waals surface area contributed by atoms with Crippen molar-refractivity contribution >= 4 is 22.9 Å². The lowest BCUT2D eigenvalue weighted by atomic mass is 9.90. The van der Waals surface area contributed by atoms with Gasteiger partial charge in [0.2, 0.25) is 0 Å². The fourth-order valence-corrected chi connectivity index (χ4v) is 4.45. The number of thiophene rings is 1. The van der Waals surface area contributed by atoms with Crippen LogP contribution in [0.2, 0.25) is 0 Å². The first kappa shape index (κ1) is 18.7. The monoisotopic (exact) mass is 406 g/mol. The van der Waals surface area contributed by atoms with E-state index in [2.05, 4.69) is 22.3 Å². The van der Waals surface area contributed by atoms with Gasteiger partial charge in [-0.1, -0.05) is 6.92 Å². The van der Waals surface area contributed by atoms with Gasteiger partial charge in [0.25, 0.3) is 5.91 Å². The van der Waals surface area contributed by atoms with E-state index < -0.39 is 17.6 Å². The Morgan fingerprint density at radius 2 is 2.14 bits per heavy atom. The number of rotatable bonds is 3. The molecule has 146 valence electrons. The second-order valence-corrected chi connectivity index (χ2v) is 8.07. The molecule has 1 aromatic carbocycles. The van der Waals surface area contributed by atoms with Gasteiger partial charge >= 0.3 is 6.18 Å². The Labute approximate surface area is 163 Å². The molecule has 28 heavy (non-hydrogen) atoms. The second kappa shape index (κ2) is 7.05. The molecule has 2 aromatic heterocycles. The molecule has 0 bridgehead atoms. The quantitative estimate of drug-likeness (QED) is 0.684. The average Bonchev–Trinajstić information content (AvgIpc) is 3.30. The van der Waals surface area contributed by atoms with Gasteiger partial charge in [-0.15, -0.1) is 11.3 Å². The van der Waals surface area contributed by atoms with Crippen molar-refractivity contribution in [2.24, 2.45) is 5.92 Å². The Balaban J connectivity index is 1.67. The minimum absolute atomic E-state index is 0.0325. The Hall–Kier alpha value is -2.68. The molecule has 2 heterocycles. The molecule has 1 unspecified atom stereocenters. The van der Waals surface area contributed by atoms with Gasteiger partial charge in [-0.3, -0.25) is 4.79 Å². The predicted molar refractivity (Wildman–Crippen MR) is 99.8 cm³/mol. The zero-order valence-electron chi connectivity index (χ0n) is 15.0. The summed E-state index contributed by atoms with van der Waals surface area (Å²) in [7, 11) is 0. The Morgan fingerprint density at radius 3 is 2.86 bits per heavy atom. The van der Waals surface area contributed by atoms with Gasteiger partial charge < -0.3 is 5.32 Å². The van der Waals surface area contributed by atoms with Gasteiger partial charge in [0.15, 0.2) is 0 Å². The Morgan fingerprint density at radius 1 is 1.32 bits per heavy atom. The fraction of sp³-hybridized carbons (Fsp3) is 0.316. The van der Waals surface area contributed by atoms with Crippen LogP contribution in [0.5, 0.6) is 0 Å². The minimum Gasteiger partial charge on any atom is -0.319 e. The van der Waals surface area contributed by atoms with Gasteiger partial charge in [0.05, 0.1) is 21.8 Å². The maximum atomic E-state index is 13.1.